The van der Waals surface area contributed by atoms with Crippen molar-refractivity contribution >= 4 is 11.4 Å². The van der Waals surface area contributed by atoms with Gasteiger partial charge in [0.25, 0.3) is 0 Å². The maximum Gasteiger partial charge on any atom is 0.102 e. The molecule has 0 unspecified atom stereocenters. The van der Waals surface area contributed by atoms with E-state index in [4.69, 9.17) is 0 Å². The highest BCUT2D eigenvalue weighted by Gasteiger charge is 2.34. The number of nitrogens with zero attached hydrogens (tertiary/aromatic N) is 2. The van der Waals surface area contributed by atoms with Crippen molar-refractivity contribution in [2.24, 2.45) is 0 Å². The van der Waals surface area contributed by atoms with Gasteiger partial charge in [-0.05, 0) is 29.7 Å². The van der Waals surface area contributed by atoms with Crippen molar-refractivity contribution < 1.29 is 0 Å². The first-order chi connectivity index (χ1) is 12.4. The van der Waals surface area contributed by atoms with Crippen LogP contribution in [0.1, 0.15) is 24.5 Å². The second-order valence-corrected chi connectivity index (χ2v) is 6.60. The van der Waals surface area contributed by atoms with Crippen molar-refractivity contribution in [3.05, 3.63) is 96.1 Å². The second-order valence-electron chi connectivity index (χ2n) is 6.60. The second kappa shape index (κ2) is 7.02. The van der Waals surface area contributed by atoms with E-state index in [0.29, 0.717) is 6.17 Å². The van der Waals surface area contributed by atoms with Crippen LogP contribution in [0, 0.1) is 0 Å². The van der Waals surface area contributed by atoms with Gasteiger partial charge in [-0.3, -0.25) is 0 Å². The van der Waals surface area contributed by atoms with Crippen LogP contribution in [0.25, 0.3) is 0 Å². The van der Waals surface area contributed by atoms with Crippen LogP contribution >= 0.6 is 0 Å². The maximum absolute atomic E-state index is 2.55. The first-order valence-corrected chi connectivity index (χ1v) is 9.07. The van der Waals surface area contributed by atoms with Crippen LogP contribution in [0.2, 0.25) is 0 Å². The summed E-state index contributed by atoms with van der Waals surface area (Å²) < 4.78 is 0. The summed E-state index contributed by atoms with van der Waals surface area (Å²) >= 11 is 0. The van der Waals surface area contributed by atoms with Crippen molar-refractivity contribution in [3.8, 4) is 0 Å². The third kappa shape index (κ3) is 3.12. The molecule has 1 aliphatic heterocycles. The van der Waals surface area contributed by atoms with Gasteiger partial charge in [0.1, 0.15) is 6.17 Å². The first kappa shape index (κ1) is 15.8. The average Bonchev–Trinajstić information content (AvgIpc) is 2.96. The summed E-state index contributed by atoms with van der Waals surface area (Å²) in [5.74, 6) is 0. The lowest BCUT2D eigenvalue weighted by molar-refractivity contribution is 0.559. The van der Waals surface area contributed by atoms with E-state index < -0.39 is 0 Å². The highest BCUT2D eigenvalue weighted by atomic mass is 15.4. The predicted molar refractivity (Wildman–Crippen MR) is 106 cm³/mol. The summed E-state index contributed by atoms with van der Waals surface area (Å²) in [4.78, 5) is 5.10. The van der Waals surface area contributed by atoms with Gasteiger partial charge in [-0.25, -0.2) is 0 Å². The molecule has 126 valence electrons. The van der Waals surface area contributed by atoms with Crippen molar-refractivity contribution in [2.45, 2.75) is 32.6 Å². The van der Waals surface area contributed by atoms with Gasteiger partial charge in [0.15, 0.2) is 0 Å². The van der Waals surface area contributed by atoms with Crippen molar-refractivity contribution in [1.82, 2.24) is 0 Å². The van der Waals surface area contributed by atoms with Crippen molar-refractivity contribution in [2.75, 3.05) is 9.80 Å². The normalized spacial score (nSPS) is 14.0. The lowest BCUT2D eigenvalue weighted by Gasteiger charge is -2.32. The monoisotopic (exact) mass is 328 g/mol. The molecule has 0 fully saturated rings. The Kier molecular flexibility index (Phi) is 4.43. The summed E-state index contributed by atoms with van der Waals surface area (Å²) in [7, 11) is 0. The lowest BCUT2D eigenvalue weighted by Crippen LogP contribution is -2.42. The smallest absolute Gasteiger partial charge is 0.102 e. The van der Waals surface area contributed by atoms with Gasteiger partial charge in [-0.2, -0.15) is 0 Å². The number of anilines is 2. The van der Waals surface area contributed by atoms with E-state index in [1.54, 1.807) is 0 Å². The quantitative estimate of drug-likeness (QED) is 0.614. The minimum Gasteiger partial charge on any atom is -0.345 e. The molecule has 0 aliphatic carbocycles. The third-order valence-electron chi connectivity index (χ3n) is 4.98. The van der Waals surface area contributed by atoms with E-state index in [2.05, 4.69) is 102 Å². The van der Waals surface area contributed by atoms with E-state index in [0.717, 1.165) is 19.5 Å². The molecule has 0 aromatic heterocycles. The molecular formula is C23H24N2. The Balaban J connectivity index is 1.68. The molecular weight excluding hydrogens is 304 g/mol. The molecule has 0 amide bonds. The molecule has 2 heteroatoms. The first-order valence-electron chi connectivity index (χ1n) is 9.07. The number of hydrogen-bond donors (Lipinski definition) is 0. The number of hydrogen-bond acceptors (Lipinski definition) is 2. The maximum atomic E-state index is 2.55. The molecule has 0 bridgehead atoms. The molecule has 0 saturated heterocycles. The fourth-order valence-electron chi connectivity index (χ4n) is 3.82. The van der Waals surface area contributed by atoms with Gasteiger partial charge < -0.3 is 9.80 Å². The molecule has 0 radical (unpaired) electrons. The summed E-state index contributed by atoms with van der Waals surface area (Å²) in [5.41, 5.74) is 5.40. The number of rotatable bonds is 5. The molecule has 3 aromatic rings. The van der Waals surface area contributed by atoms with Crippen LogP contribution in [0.4, 0.5) is 11.4 Å². The van der Waals surface area contributed by atoms with E-state index in [1.165, 1.54) is 22.5 Å². The van der Waals surface area contributed by atoms with Crippen LogP contribution in [0.5, 0.6) is 0 Å². The summed E-state index contributed by atoms with van der Waals surface area (Å²) in [6.07, 6.45) is 1.48. The van der Waals surface area contributed by atoms with Gasteiger partial charge in [0.2, 0.25) is 0 Å². The Hall–Kier alpha value is -2.74. The minimum atomic E-state index is 0.387. The Bertz CT molecular complexity index is 745. The lowest BCUT2D eigenvalue weighted by atomic mass is 10.2. The Morgan fingerprint density at radius 2 is 1.00 bits per heavy atom. The molecule has 0 saturated carbocycles. The predicted octanol–water partition coefficient (Wildman–Crippen LogP) is 5.45. The van der Waals surface area contributed by atoms with Gasteiger partial charge >= 0.3 is 0 Å². The Morgan fingerprint density at radius 1 is 0.600 bits per heavy atom. The molecule has 0 spiro atoms. The van der Waals surface area contributed by atoms with Gasteiger partial charge in [0, 0.05) is 13.1 Å². The van der Waals surface area contributed by atoms with Crippen LogP contribution in [-0.4, -0.2) is 6.17 Å². The third-order valence-corrected chi connectivity index (χ3v) is 4.98. The van der Waals surface area contributed by atoms with Crippen LogP contribution in [0.3, 0.4) is 0 Å². The minimum absolute atomic E-state index is 0.387. The zero-order valence-corrected chi connectivity index (χ0v) is 14.7. The van der Waals surface area contributed by atoms with E-state index in [-0.39, 0.29) is 0 Å². The average molecular weight is 328 g/mol. The number of benzene rings is 3. The van der Waals surface area contributed by atoms with E-state index in [1.807, 2.05) is 0 Å². The summed E-state index contributed by atoms with van der Waals surface area (Å²) in [6, 6.07) is 30.3. The van der Waals surface area contributed by atoms with Crippen molar-refractivity contribution in [1.29, 1.82) is 0 Å². The molecule has 0 atom stereocenters. The van der Waals surface area contributed by atoms with Crippen LogP contribution in [0.15, 0.2) is 84.9 Å². The number of fused-ring (bicyclic) bond motifs is 1. The molecule has 25 heavy (non-hydrogen) atoms. The molecule has 2 nitrogen and oxygen atoms in total. The van der Waals surface area contributed by atoms with Gasteiger partial charge in [0.05, 0.1) is 11.4 Å². The fourth-order valence-corrected chi connectivity index (χ4v) is 3.82. The summed E-state index contributed by atoms with van der Waals surface area (Å²) in [5, 5.41) is 0. The van der Waals surface area contributed by atoms with Gasteiger partial charge in [-0.1, -0.05) is 79.7 Å². The molecule has 1 heterocycles. The highest BCUT2D eigenvalue weighted by Crippen LogP contribution is 2.42. The topological polar surface area (TPSA) is 6.48 Å². The molecule has 4 rings (SSSR count). The molecule has 0 N–H and O–H groups in total. The SMILES string of the molecule is CCC1N(Cc2ccccc2)c2ccccc2N1Cc1ccccc1. The molecule has 1 aliphatic rings. The van der Waals surface area contributed by atoms with Crippen LogP contribution in [-0.2, 0) is 13.1 Å². The Morgan fingerprint density at radius 3 is 1.40 bits per heavy atom. The largest absolute Gasteiger partial charge is 0.345 e. The Labute approximate surface area is 150 Å². The van der Waals surface area contributed by atoms with Crippen LogP contribution < -0.4 is 9.80 Å². The highest BCUT2D eigenvalue weighted by molar-refractivity contribution is 5.77. The van der Waals surface area contributed by atoms with E-state index in [9.17, 15) is 0 Å². The van der Waals surface area contributed by atoms with Crippen molar-refractivity contribution in [3.63, 3.8) is 0 Å². The zero-order valence-electron chi connectivity index (χ0n) is 14.7. The molecule has 3 aromatic carbocycles. The number of para-hydroxylation sites is 2. The zero-order chi connectivity index (χ0) is 17.1. The summed E-state index contributed by atoms with van der Waals surface area (Å²) in [6.45, 7) is 4.18. The standard InChI is InChI=1S/C23H24N2/c1-2-23-24(17-19-11-5-3-6-12-19)21-15-9-10-16-22(21)25(23)18-20-13-7-4-8-14-20/h3-16,23H,2,17-18H2,1H3. The van der Waals surface area contributed by atoms with E-state index >= 15 is 0 Å². The van der Waals surface area contributed by atoms with Gasteiger partial charge in [-0.15, -0.1) is 0 Å². The fraction of sp³-hybridized carbons (Fsp3) is 0.217.